The highest BCUT2D eigenvalue weighted by Crippen LogP contribution is 2.15. The smallest absolute Gasteiger partial charge is 0.432 e. The number of hydrazone groups is 1. The number of rotatable bonds is 3. The van der Waals surface area contributed by atoms with Crippen molar-refractivity contribution in [3.63, 3.8) is 0 Å². The van der Waals surface area contributed by atoms with E-state index in [1.165, 1.54) is 0 Å². The van der Waals surface area contributed by atoms with Crippen LogP contribution in [-0.2, 0) is 0 Å². The first-order valence-electron chi connectivity index (χ1n) is 6.14. The van der Waals surface area contributed by atoms with Crippen LogP contribution in [0.4, 0.5) is 10.5 Å². The van der Waals surface area contributed by atoms with Gasteiger partial charge in [-0.15, -0.1) is 0 Å². The standard InChI is InChI=1S/C15H15N3O2/c1-11-8-9-13(10-16-11)12(2)17-18(15(19)20)14-6-4-3-5-7-14/h3-10H,1-2H3,(H,19,20)/b17-12+. The van der Waals surface area contributed by atoms with Gasteiger partial charge in [0.15, 0.2) is 0 Å². The van der Waals surface area contributed by atoms with E-state index in [0.717, 1.165) is 16.3 Å². The first-order valence-corrected chi connectivity index (χ1v) is 6.14. The zero-order valence-electron chi connectivity index (χ0n) is 11.3. The third kappa shape index (κ3) is 3.20. The van der Waals surface area contributed by atoms with Crippen LogP contribution in [0.5, 0.6) is 0 Å². The number of aryl methyl sites for hydroxylation is 1. The number of amides is 1. The van der Waals surface area contributed by atoms with Crippen LogP contribution in [-0.4, -0.2) is 21.9 Å². The molecule has 5 nitrogen and oxygen atoms in total. The van der Waals surface area contributed by atoms with Crippen molar-refractivity contribution in [1.82, 2.24) is 4.98 Å². The van der Waals surface area contributed by atoms with E-state index < -0.39 is 6.09 Å². The van der Waals surface area contributed by atoms with E-state index in [1.807, 2.05) is 25.1 Å². The second kappa shape index (κ2) is 5.97. The molecule has 0 saturated carbocycles. The van der Waals surface area contributed by atoms with E-state index in [-0.39, 0.29) is 0 Å². The maximum Gasteiger partial charge on any atom is 0.432 e. The van der Waals surface area contributed by atoms with Crippen molar-refractivity contribution in [2.45, 2.75) is 13.8 Å². The van der Waals surface area contributed by atoms with Crippen LogP contribution < -0.4 is 5.01 Å². The molecule has 0 unspecified atom stereocenters. The third-order valence-corrected chi connectivity index (χ3v) is 2.76. The number of benzene rings is 1. The summed E-state index contributed by atoms with van der Waals surface area (Å²) in [6, 6.07) is 12.5. The molecule has 0 bridgehead atoms. The van der Waals surface area contributed by atoms with Crippen molar-refractivity contribution in [3.8, 4) is 0 Å². The zero-order valence-corrected chi connectivity index (χ0v) is 11.3. The number of hydrogen-bond donors (Lipinski definition) is 1. The topological polar surface area (TPSA) is 65.8 Å². The fourth-order valence-electron chi connectivity index (χ4n) is 1.67. The van der Waals surface area contributed by atoms with Gasteiger partial charge in [0.2, 0.25) is 0 Å². The third-order valence-electron chi connectivity index (χ3n) is 2.76. The molecule has 0 saturated heterocycles. The Morgan fingerprint density at radius 3 is 2.45 bits per heavy atom. The SMILES string of the molecule is C/C(=N\N(C(=O)O)c1ccccc1)c1ccc(C)nc1. The molecule has 0 spiro atoms. The Bertz CT molecular complexity index is 621. The molecule has 1 N–H and O–H groups in total. The van der Waals surface area contributed by atoms with E-state index in [4.69, 9.17) is 0 Å². The molecule has 5 heteroatoms. The van der Waals surface area contributed by atoms with E-state index >= 15 is 0 Å². The van der Waals surface area contributed by atoms with Crippen LogP contribution >= 0.6 is 0 Å². The second-order valence-corrected chi connectivity index (χ2v) is 4.30. The lowest BCUT2D eigenvalue weighted by Crippen LogP contribution is -2.24. The predicted octanol–water partition coefficient (Wildman–Crippen LogP) is 3.30. The van der Waals surface area contributed by atoms with Gasteiger partial charge in [0, 0.05) is 17.5 Å². The maximum atomic E-state index is 11.3. The van der Waals surface area contributed by atoms with Gasteiger partial charge in [-0.1, -0.05) is 18.2 Å². The molecule has 1 aromatic heterocycles. The Morgan fingerprint density at radius 2 is 1.90 bits per heavy atom. The van der Waals surface area contributed by atoms with E-state index in [2.05, 4.69) is 10.1 Å². The Hall–Kier alpha value is -2.69. The van der Waals surface area contributed by atoms with Crippen molar-refractivity contribution < 1.29 is 9.90 Å². The highest BCUT2D eigenvalue weighted by atomic mass is 16.4. The number of nitrogens with zero attached hydrogens (tertiary/aromatic N) is 3. The molecule has 0 aliphatic heterocycles. The van der Waals surface area contributed by atoms with Gasteiger partial charge < -0.3 is 5.11 Å². The summed E-state index contributed by atoms with van der Waals surface area (Å²) in [5, 5.41) is 14.4. The predicted molar refractivity (Wildman–Crippen MR) is 78.1 cm³/mol. The monoisotopic (exact) mass is 269 g/mol. The summed E-state index contributed by atoms with van der Waals surface area (Å²) in [4.78, 5) is 15.5. The summed E-state index contributed by atoms with van der Waals surface area (Å²) in [5.74, 6) is 0. The largest absolute Gasteiger partial charge is 0.463 e. The summed E-state index contributed by atoms with van der Waals surface area (Å²) in [5.41, 5.74) is 2.78. The van der Waals surface area contributed by atoms with Crippen molar-refractivity contribution in [2.75, 3.05) is 5.01 Å². The van der Waals surface area contributed by atoms with Crippen molar-refractivity contribution >= 4 is 17.5 Å². The first-order chi connectivity index (χ1) is 9.58. The van der Waals surface area contributed by atoms with Crippen LogP contribution in [0, 0.1) is 6.92 Å². The lowest BCUT2D eigenvalue weighted by Gasteiger charge is -2.14. The van der Waals surface area contributed by atoms with Gasteiger partial charge in [0.1, 0.15) is 0 Å². The first kappa shape index (κ1) is 13.7. The minimum atomic E-state index is -1.13. The zero-order chi connectivity index (χ0) is 14.5. The average Bonchev–Trinajstić information content (AvgIpc) is 2.46. The summed E-state index contributed by atoms with van der Waals surface area (Å²) in [7, 11) is 0. The molecule has 0 fully saturated rings. The molecule has 1 amide bonds. The number of anilines is 1. The highest BCUT2D eigenvalue weighted by Gasteiger charge is 2.13. The fraction of sp³-hybridized carbons (Fsp3) is 0.133. The number of aromatic nitrogens is 1. The van der Waals surface area contributed by atoms with Gasteiger partial charge in [-0.2, -0.15) is 10.1 Å². The minimum Gasteiger partial charge on any atom is -0.463 e. The molecule has 0 aliphatic rings. The Balaban J connectivity index is 2.34. The van der Waals surface area contributed by atoms with Crippen LogP contribution in [0.15, 0.2) is 53.8 Å². The highest BCUT2D eigenvalue weighted by molar-refractivity contribution is 6.01. The molecule has 0 radical (unpaired) electrons. The summed E-state index contributed by atoms with van der Waals surface area (Å²) < 4.78 is 0. The minimum absolute atomic E-state index is 0.499. The van der Waals surface area contributed by atoms with Crippen molar-refractivity contribution in [2.24, 2.45) is 5.10 Å². The van der Waals surface area contributed by atoms with Gasteiger partial charge in [0.05, 0.1) is 11.4 Å². The Morgan fingerprint density at radius 1 is 1.20 bits per heavy atom. The lowest BCUT2D eigenvalue weighted by atomic mass is 10.2. The van der Waals surface area contributed by atoms with E-state index in [1.54, 1.807) is 37.4 Å². The lowest BCUT2D eigenvalue weighted by molar-refractivity contribution is 0.202. The Labute approximate surface area is 117 Å². The summed E-state index contributed by atoms with van der Waals surface area (Å²) in [6.07, 6.45) is 0.551. The molecule has 20 heavy (non-hydrogen) atoms. The van der Waals surface area contributed by atoms with Crippen molar-refractivity contribution in [3.05, 3.63) is 59.9 Å². The van der Waals surface area contributed by atoms with Crippen molar-refractivity contribution in [1.29, 1.82) is 0 Å². The second-order valence-electron chi connectivity index (χ2n) is 4.30. The number of para-hydroxylation sites is 1. The molecule has 102 valence electrons. The van der Waals surface area contributed by atoms with Crippen LogP contribution in [0.3, 0.4) is 0 Å². The molecule has 2 aromatic rings. The van der Waals surface area contributed by atoms with Gasteiger partial charge in [0.25, 0.3) is 0 Å². The normalized spacial score (nSPS) is 11.2. The summed E-state index contributed by atoms with van der Waals surface area (Å²) in [6.45, 7) is 3.65. The van der Waals surface area contributed by atoms with Crippen LogP contribution in [0.1, 0.15) is 18.2 Å². The molecule has 1 heterocycles. The molecular weight excluding hydrogens is 254 g/mol. The maximum absolute atomic E-state index is 11.3. The molecule has 0 atom stereocenters. The molecular formula is C15H15N3O2. The van der Waals surface area contributed by atoms with Gasteiger partial charge in [-0.3, -0.25) is 4.98 Å². The number of carbonyl (C=O) groups is 1. The number of pyridine rings is 1. The Kier molecular flexibility index (Phi) is 4.10. The molecule has 1 aromatic carbocycles. The average molecular weight is 269 g/mol. The molecule has 0 aliphatic carbocycles. The van der Waals surface area contributed by atoms with E-state index in [0.29, 0.717) is 11.4 Å². The van der Waals surface area contributed by atoms with Gasteiger partial charge >= 0.3 is 6.09 Å². The van der Waals surface area contributed by atoms with Crippen LogP contribution in [0.2, 0.25) is 0 Å². The van der Waals surface area contributed by atoms with E-state index in [9.17, 15) is 9.90 Å². The van der Waals surface area contributed by atoms with Gasteiger partial charge in [-0.05, 0) is 38.1 Å². The number of hydrogen-bond acceptors (Lipinski definition) is 3. The van der Waals surface area contributed by atoms with Crippen LogP contribution in [0.25, 0.3) is 0 Å². The quantitative estimate of drug-likeness (QED) is 0.686. The van der Waals surface area contributed by atoms with Gasteiger partial charge in [-0.25, -0.2) is 4.79 Å². The fourth-order valence-corrected chi connectivity index (χ4v) is 1.67. The number of carboxylic acid groups (broad SMARTS) is 1. The molecule has 2 rings (SSSR count). The summed E-state index contributed by atoms with van der Waals surface area (Å²) >= 11 is 0.